The number of allylic oxidation sites excluding steroid dienone is 2. The lowest BCUT2D eigenvalue weighted by atomic mass is 9.80. The Bertz CT molecular complexity index is 1110. The molecule has 26 heavy (non-hydrogen) atoms. The summed E-state index contributed by atoms with van der Waals surface area (Å²) in [6.07, 6.45) is 4.60. The van der Waals surface area contributed by atoms with Gasteiger partial charge < -0.3 is 5.32 Å². The van der Waals surface area contributed by atoms with E-state index in [1.807, 2.05) is 6.07 Å². The van der Waals surface area contributed by atoms with Crippen LogP contribution in [0.4, 0.5) is 11.5 Å². The van der Waals surface area contributed by atoms with Crippen LogP contribution >= 0.6 is 22.9 Å². The van der Waals surface area contributed by atoms with Crippen molar-refractivity contribution in [1.29, 1.82) is 0 Å². The highest BCUT2D eigenvalue weighted by atomic mass is 35.5. The smallest absolute Gasteiger partial charge is 0.269 e. The lowest BCUT2D eigenvalue weighted by Crippen LogP contribution is -2.10. The average molecular weight is 385 g/mol. The Morgan fingerprint density at radius 2 is 2.27 bits per heavy atom. The first-order chi connectivity index (χ1) is 12.6. The standard InChI is InChI=1S/C18H13ClN4O2S/c19-18-21-16(20-8-9-3-1-4-10(7-9)23(24)25)14-13-11-5-2-6-12(11)15(13)26-17(14)22-18/h1,3-5,7,12H,2,6,8H2,(H,20,21,22). The van der Waals surface area contributed by atoms with Crippen molar-refractivity contribution in [2.45, 2.75) is 25.3 Å². The summed E-state index contributed by atoms with van der Waals surface area (Å²) >= 11 is 7.81. The molecule has 2 aromatic heterocycles. The van der Waals surface area contributed by atoms with Gasteiger partial charge in [-0.3, -0.25) is 10.1 Å². The van der Waals surface area contributed by atoms with Crippen molar-refractivity contribution in [3.8, 4) is 0 Å². The number of fused-ring (bicyclic) bond motifs is 6. The highest BCUT2D eigenvalue weighted by Gasteiger charge is 2.39. The van der Waals surface area contributed by atoms with Gasteiger partial charge in [-0.2, -0.15) is 0 Å². The normalized spacial score (nSPS) is 17.4. The summed E-state index contributed by atoms with van der Waals surface area (Å²) in [6, 6.07) is 6.58. The predicted molar refractivity (Wildman–Crippen MR) is 103 cm³/mol. The Hall–Kier alpha value is -2.51. The van der Waals surface area contributed by atoms with Crippen LogP contribution in [0.3, 0.4) is 0 Å². The second-order valence-electron chi connectivity index (χ2n) is 6.43. The number of aromatic nitrogens is 2. The summed E-state index contributed by atoms with van der Waals surface area (Å²) in [4.78, 5) is 21.6. The molecule has 0 spiro atoms. The third kappa shape index (κ3) is 2.31. The zero-order valence-corrected chi connectivity index (χ0v) is 15.1. The second-order valence-corrected chi connectivity index (χ2v) is 7.80. The molecule has 6 nitrogen and oxygen atoms in total. The van der Waals surface area contributed by atoms with E-state index in [4.69, 9.17) is 11.6 Å². The summed E-state index contributed by atoms with van der Waals surface area (Å²) in [7, 11) is 0. The van der Waals surface area contributed by atoms with E-state index in [0.717, 1.165) is 22.2 Å². The van der Waals surface area contributed by atoms with Gasteiger partial charge in [0.1, 0.15) is 10.6 Å². The van der Waals surface area contributed by atoms with E-state index in [1.165, 1.54) is 28.5 Å². The van der Waals surface area contributed by atoms with E-state index in [-0.39, 0.29) is 11.0 Å². The number of hydrogen-bond acceptors (Lipinski definition) is 6. The molecule has 0 saturated carbocycles. The van der Waals surface area contributed by atoms with Crippen molar-refractivity contribution in [3.05, 3.63) is 61.7 Å². The number of nitro benzene ring substituents is 1. The highest BCUT2D eigenvalue weighted by Crippen LogP contribution is 2.59. The van der Waals surface area contributed by atoms with Crippen molar-refractivity contribution in [3.63, 3.8) is 0 Å². The first kappa shape index (κ1) is 15.7. The van der Waals surface area contributed by atoms with Crippen molar-refractivity contribution >= 4 is 50.2 Å². The van der Waals surface area contributed by atoms with Gasteiger partial charge in [-0.1, -0.05) is 18.2 Å². The van der Waals surface area contributed by atoms with Crippen LogP contribution in [0.5, 0.6) is 0 Å². The number of halogens is 1. The monoisotopic (exact) mass is 384 g/mol. The number of non-ortho nitro benzene ring substituents is 1. The van der Waals surface area contributed by atoms with Crippen molar-refractivity contribution in [2.75, 3.05) is 5.32 Å². The van der Waals surface area contributed by atoms with Crippen LogP contribution in [0.2, 0.25) is 5.28 Å². The Balaban J connectivity index is 1.52. The Labute approximate surface area is 157 Å². The zero-order valence-electron chi connectivity index (χ0n) is 13.5. The number of nitro groups is 1. The minimum absolute atomic E-state index is 0.0775. The number of benzene rings is 1. The van der Waals surface area contributed by atoms with Gasteiger partial charge in [0.2, 0.25) is 5.28 Å². The predicted octanol–water partition coefficient (Wildman–Crippen LogP) is 5.14. The molecule has 0 bridgehead atoms. The quantitative estimate of drug-likeness (QED) is 0.382. The van der Waals surface area contributed by atoms with Crippen LogP contribution in [0.15, 0.2) is 30.3 Å². The molecule has 5 rings (SSSR count). The van der Waals surface area contributed by atoms with Crippen LogP contribution in [0.25, 0.3) is 15.8 Å². The molecule has 0 amide bonds. The van der Waals surface area contributed by atoms with Crippen LogP contribution in [-0.4, -0.2) is 14.9 Å². The molecule has 1 unspecified atom stereocenters. The largest absolute Gasteiger partial charge is 0.365 e. The highest BCUT2D eigenvalue weighted by molar-refractivity contribution is 7.19. The topological polar surface area (TPSA) is 81.0 Å². The number of anilines is 1. The van der Waals surface area contributed by atoms with Gasteiger partial charge >= 0.3 is 0 Å². The summed E-state index contributed by atoms with van der Waals surface area (Å²) in [5, 5.41) is 15.5. The number of rotatable bonds is 4. The lowest BCUT2D eigenvalue weighted by molar-refractivity contribution is -0.384. The molecule has 1 aromatic carbocycles. The minimum atomic E-state index is -0.391. The van der Waals surface area contributed by atoms with Gasteiger partial charge in [-0.15, -0.1) is 11.3 Å². The maximum absolute atomic E-state index is 10.9. The van der Waals surface area contributed by atoms with E-state index in [2.05, 4.69) is 21.4 Å². The fourth-order valence-corrected chi connectivity index (χ4v) is 5.36. The molecule has 2 aliphatic rings. The van der Waals surface area contributed by atoms with Crippen molar-refractivity contribution in [2.24, 2.45) is 0 Å². The first-order valence-corrected chi connectivity index (χ1v) is 9.49. The third-order valence-corrected chi connectivity index (χ3v) is 6.30. The van der Waals surface area contributed by atoms with Crippen LogP contribution in [0, 0.1) is 10.1 Å². The number of nitrogens with one attached hydrogen (secondary N) is 1. The molecule has 0 saturated heterocycles. The molecular weight excluding hydrogens is 372 g/mol. The van der Waals surface area contributed by atoms with E-state index < -0.39 is 4.92 Å². The van der Waals surface area contributed by atoms with E-state index in [0.29, 0.717) is 18.3 Å². The van der Waals surface area contributed by atoms with E-state index >= 15 is 0 Å². The first-order valence-electron chi connectivity index (χ1n) is 8.29. The molecular formula is C18H13ClN4O2S. The zero-order chi connectivity index (χ0) is 17.8. The van der Waals surface area contributed by atoms with Crippen molar-refractivity contribution in [1.82, 2.24) is 9.97 Å². The number of hydrogen-bond donors (Lipinski definition) is 1. The van der Waals surface area contributed by atoms with Gasteiger partial charge in [-0.05, 0) is 35.6 Å². The fraction of sp³-hybridized carbons (Fsp3) is 0.222. The molecule has 0 radical (unpaired) electrons. The molecule has 1 N–H and O–H groups in total. The molecule has 0 aliphatic heterocycles. The molecule has 3 aromatic rings. The summed E-state index contributed by atoms with van der Waals surface area (Å²) in [5.74, 6) is 1.24. The maximum Gasteiger partial charge on any atom is 0.269 e. The van der Waals surface area contributed by atoms with Gasteiger partial charge in [0.25, 0.3) is 5.69 Å². The van der Waals surface area contributed by atoms with Crippen LogP contribution in [0.1, 0.15) is 34.8 Å². The van der Waals surface area contributed by atoms with Gasteiger partial charge in [0.15, 0.2) is 0 Å². The summed E-state index contributed by atoms with van der Waals surface area (Å²) < 4.78 is 0. The summed E-state index contributed by atoms with van der Waals surface area (Å²) in [6.45, 7) is 0.428. The van der Waals surface area contributed by atoms with Gasteiger partial charge in [0, 0.05) is 35.0 Å². The molecule has 130 valence electrons. The molecule has 1 atom stereocenters. The number of nitrogens with zero attached hydrogens (tertiary/aromatic N) is 3. The summed E-state index contributed by atoms with van der Waals surface area (Å²) in [5.41, 5.74) is 3.55. The fourth-order valence-electron chi connectivity index (χ4n) is 3.79. The molecule has 8 heteroatoms. The molecule has 0 fully saturated rings. The van der Waals surface area contributed by atoms with Gasteiger partial charge in [-0.25, -0.2) is 9.97 Å². The minimum Gasteiger partial charge on any atom is -0.365 e. The Kier molecular flexibility index (Phi) is 3.48. The van der Waals surface area contributed by atoms with Crippen molar-refractivity contribution < 1.29 is 4.92 Å². The SMILES string of the molecule is O=[N+]([O-])c1cccc(CNc2nc(Cl)nc3sc4c(c23)C2=CCCC24)c1. The van der Waals surface area contributed by atoms with Crippen LogP contribution in [-0.2, 0) is 6.54 Å². The Morgan fingerprint density at radius 1 is 1.38 bits per heavy atom. The molecule has 2 aliphatic carbocycles. The van der Waals surface area contributed by atoms with Crippen LogP contribution < -0.4 is 5.32 Å². The van der Waals surface area contributed by atoms with E-state index in [9.17, 15) is 10.1 Å². The molecule has 2 heterocycles. The average Bonchev–Trinajstić information content (AvgIpc) is 3.17. The third-order valence-electron chi connectivity index (χ3n) is 4.93. The Morgan fingerprint density at radius 3 is 3.12 bits per heavy atom. The van der Waals surface area contributed by atoms with E-state index in [1.54, 1.807) is 23.5 Å². The maximum atomic E-state index is 10.9. The second kappa shape index (κ2) is 5.75. The van der Waals surface area contributed by atoms with Gasteiger partial charge in [0.05, 0.1) is 10.3 Å². The lowest BCUT2D eigenvalue weighted by Gasteiger charge is -2.26. The number of thiophene rings is 1.